The lowest BCUT2D eigenvalue weighted by molar-refractivity contribution is 0.102. The van der Waals surface area contributed by atoms with Crippen LogP contribution in [-0.2, 0) is 22.9 Å². The van der Waals surface area contributed by atoms with E-state index in [1.54, 1.807) is 53.4 Å². The second-order valence-electron chi connectivity index (χ2n) is 7.68. The highest BCUT2D eigenvalue weighted by Gasteiger charge is 2.25. The highest BCUT2D eigenvalue weighted by atomic mass is 32.2. The SMILES string of the molecule is CCS(=O)(=O)c1ncc(N(Cc2cccc(F)c2)Cc2ccco2)c(C(=O)Nc2ccccc2)n1. The number of sulfone groups is 1. The van der Waals surface area contributed by atoms with Gasteiger partial charge in [0.1, 0.15) is 11.6 Å². The maximum atomic E-state index is 13.9. The highest BCUT2D eigenvalue weighted by molar-refractivity contribution is 7.91. The molecule has 0 aliphatic rings. The van der Waals surface area contributed by atoms with E-state index in [-0.39, 0.29) is 30.2 Å². The Kier molecular flexibility index (Phi) is 7.21. The number of carbonyl (C=O) groups is 1. The van der Waals surface area contributed by atoms with Crippen LogP contribution in [0.4, 0.5) is 15.8 Å². The summed E-state index contributed by atoms with van der Waals surface area (Å²) in [5.74, 6) is -0.639. The van der Waals surface area contributed by atoms with Crippen LogP contribution in [-0.4, -0.2) is 30.0 Å². The lowest BCUT2D eigenvalue weighted by atomic mass is 10.1. The van der Waals surface area contributed by atoms with Crippen molar-refractivity contribution in [3.63, 3.8) is 0 Å². The maximum Gasteiger partial charge on any atom is 0.276 e. The zero-order valence-electron chi connectivity index (χ0n) is 18.9. The van der Waals surface area contributed by atoms with E-state index < -0.39 is 26.7 Å². The molecule has 0 spiro atoms. The van der Waals surface area contributed by atoms with Crippen LogP contribution in [0.5, 0.6) is 0 Å². The van der Waals surface area contributed by atoms with Crippen LogP contribution in [0.3, 0.4) is 0 Å². The van der Waals surface area contributed by atoms with Crippen LogP contribution < -0.4 is 10.2 Å². The van der Waals surface area contributed by atoms with E-state index >= 15 is 0 Å². The molecule has 8 nitrogen and oxygen atoms in total. The predicted molar refractivity (Wildman–Crippen MR) is 129 cm³/mol. The lowest BCUT2D eigenvalue weighted by Crippen LogP contribution is -2.27. The van der Waals surface area contributed by atoms with Gasteiger partial charge in [-0.15, -0.1) is 0 Å². The molecule has 4 rings (SSSR count). The summed E-state index contributed by atoms with van der Waals surface area (Å²) < 4.78 is 44.3. The van der Waals surface area contributed by atoms with Gasteiger partial charge in [0.2, 0.25) is 15.0 Å². The number of hydrogen-bond donors (Lipinski definition) is 1. The van der Waals surface area contributed by atoms with Crippen LogP contribution in [0.15, 0.2) is 88.8 Å². The van der Waals surface area contributed by atoms with Gasteiger partial charge in [-0.1, -0.05) is 37.3 Å². The third kappa shape index (κ3) is 5.90. The molecule has 1 N–H and O–H groups in total. The summed E-state index contributed by atoms with van der Waals surface area (Å²) in [5, 5.41) is 2.31. The van der Waals surface area contributed by atoms with Crippen molar-refractivity contribution in [3.8, 4) is 0 Å². The fourth-order valence-corrected chi connectivity index (χ4v) is 4.12. The van der Waals surface area contributed by atoms with Gasteiger partial charge < -0.3 is 14.6 Å². The Labute approximate surface area is 202 Å². The standard InChI is InChI=1S/C25H23FN4O4S/c1-2-35(32,33)25-27-15-22(23(29-25)24(31)28-20-10-4-3-5-11-20)30(17-21-12-7-13-34-21)16-18-8-6-9-19(26)14-18/h3-15H,2,16-17H2,1H3,(H,28,31). The van der Waals surface area contributed by atoms with Crippen molar-refractivity contribution in [3.05, 3.63) is 102 Å². The Bertz CT molecular complexity index is 1410. The zero-order valence-corrected chi connectivity index (χ0v) is 19.7. The molecule has 10 heteroatoms. The molecular formula is C25H23FN4O4S. The Balaban J connectivity index is 1.80. The molecule has 2 heterocycles. The molecule has 2 aromatic carbocycles. The number of nitrogens with one attached hydrogen (secondary N) is 1. The minimum atomic E-state index is -3.77. The summed E-state index contributed by atoms with van der Waals surface area (Å²) in [6, 6.07) is 18.3. The fourth-order valence-electron chi connectivity index (χ4n) is 3.42. The van der Waals surface area contributed by atoms with Gasteiger partial charge >= 0.3 is 0 Å². The average molecular weight is 495 g/mol. The van der Waals surface area contributed by atoms with Crippen molar-refractivity contribution in [1.82, 2.24) is 9.97 Å². The van der Waals surface area contributed by atoms with E-state index in [1.807, 2.05) is 6.07 Å². The summed E-state index contributed by atoms with van der Waals surface area (Å²) in [6.45, 7) is 1.87. The van der Waals surface area contributed by atoms with E-state index in [0.717, 1.165) is 0 Å². The Hall–Kier alpha value is -4.05. The van der Waals surface area contributed by atoms with Crippen molar-refractivity contribution in [2.75, 3.05) is 16.0 Å². The summed E-state index contributed by atoms with van der Waals surface area (Å²) in [6.07, 6.45) is 2.82. The first-order valence-corrected chi connectivity index (χ1v) is 12.5. The van der Waals surface area contributed by atoms with E-state index in [9.17, 15) is 17.6 Å². The number of carbonyl (C=O) groups excluding carboxylic acids is 1. The molecule has 0 saturated carbocycles. The third-order valence-corrected chi connectivity index (χ3v) is 6.70. The first-order chi connectivity index (χ1) is 16.9. The van der Waals surface area contributed by atoms with E-state index in [0.29, 0.717) is 17.0 Å². The topological polar surface area (TPSA) is 105 Å². The predicted octanol–water partition coefficient (Wildman–Crippen LogP) is 4.46. The minimum absolute atomic E-state index is 0.126. The highest BCUT2D eigenvalue weighted by Crippen LogP contribution is 2.26. The number of nitrogens with zero attached hydrogens (tertiary/aromatic N) is 3. The molecular weight excluding hydrogens is 471 g/mol. The van der Waals surface area contributed by atoms with E-state index in [2.05, 4.69) is 15.3 Å². The number of halogens is 1. The number of para-hydroxylation sites is 1. The number of amides is 1. The molecule has 0 saturated heterocycles. The lowest BCUT2D eigenvalue weighted by Gasteiger charge is -2.25. The van der Waals surface area contributed by atoms with Crippen LogP contribution in [0.2, 0.25) is 0 Å². The molecule has 35 heavy (non-hydrogen) atoms. The number of rotatable bonds is 9. The van der Waals surface area contributed by atoms with Gasteiger partial charge in [0.05, 0.1) is 30.4 Å². The second kappa shape index (κ2) is 10.5. The summed E-state index contributed by atoms with van der Waals surface area (Å²) in [5.41, 5.74) is 1.30. The Morgan fingerprint density at radius 2 is 1.86 bits per heavy atom. The molecule has 2 aromatic heterocycles. The molecule has 0 aliphatic carbocycles. The molecule has 0 atom stereocenters. The average Bonchev–Trinajstić information content (AvgIpc) is 3.37. The summed E-state index contributed by atoms with van der Waals surface area (Å²) in [7, 11) is -3.77. The fraction of sp³-hybridized carbons (Fsp3) is 0.160. The maximum absolute atomic E-state index is 13.9. The van der Waals surface area contributed by atoms with E-state index in [1.165, 1.54) is 31.5 Å². The summed E-state index contributed by atoms with van der Waals surface area (Å²) in [4.78, 5) is 23.3. The number of anilines is 2. The molecule has 0 unspecified atom stereocenters. The molecule has 0 fully saturated rings. The van der Waals surface area contributed by atoms with Crippen molar-refractivity contribution >= 4 is 27.1 Å². The largest absolute Gasteiger partial charge is 0.467 e. The van der Waals surface area contributed by atoms with E-state index in [4.69, 9.17) is 4.42 Å². The van der Waals surface area contributed by atoms with Crippen molar-refractivity contribution < 1.29 is 22.0 Å². The zero-order chi connectivity index (χ0) is 24.8. The smallest absolute Gasteiger partial charge is 0.276 e. The van der Waals surface area contributed by atoms with Gasteiger partial charge in [-0.05, 0) is 42.0 Å². The number of hydrogen-bond acceptors (Lipinski definition) is 7. The normalized spacial score (nSPS) is 11.3. The molecule has 0 bridgehead atoms. The van der Waals surface area contributed by atoms with Crippen LogP contribution in [0.25, 0.3) is 0 Å². The molecule has 0 aliphatic heterocycles. The monoisotopic (exact) mass is 494 g/mol. The number of aromatic nitrogens is 2. The van der Waals surface area contributed by atoms with Gasteiger partial charge in [-0.3, -0.25) is 4.79 Å². The van der Waals surface area contributed by atoms with Crippen molar-refractivity contribution in [1.29, 1.82) is 0 Å². The second-order valence-corrected chi connectivity index (χ2v) is 9.85. The summed E-state index contributed by atoms with van der Waals surface area (Å²) >= 11 is 0. The molecule has 4 aromatic rings. The van der Waals surface area contributed by atoms with Crippen molar-refractivity contribution in [2.24, 2.45) is 0 Å². The van der Waals surface area contributed by atoms with Gasteiger partial charge in [-0.25, -0.2) is 22.8 Å². The van der Waals surface area contributed by atoms with Crippen LogP contribution in [0.1, 0.15) is 28.7 Å². The van der Waals surface area contributed by atoms with Crippen LogP contribution >= 0.6 is 0 Å². The number of benzene rings is 2. The Morgan fingerprint density at radius 3 is 2.54 bits per heavy atom. The molecule has 0 radical (unpaired) electrons. The first-order valence-electron chi connectivity index (χ1n) is 10.8. The van der Waals surface area contributed by atoms with Gasteiger partial charge in [0.25, 0.3) is 5.91 Å². The quantitative estimate of drug-likeness (QED) is 0.343. The molecule has 1 amide bonds. The number of furan rings is 1. The van der Waals surface area contributed by atoms with Crippen LogP contribution in [0, 0.1) is 5.82 Å². The third-order valence-electron chi connectivity index (χ3n) is 5.18. The Morgan fingerprint density at radius 1 is 1.06 bits per heavy atom. The van der Waals surface area contributed by atoms with Gasteiger partial charge in [0.15, 0.2) is 5.69 Å². The molecule has 180 valence electrons. The minimum Gasteiger partial charge on any atom is -0.467 e. The van der Waals surface area contributed by atoms with Crippen molar-refractivity contribution in [2.45, 2.75) is 25.2 Å². The van der Waals surface area contributed by atoms with Gasteiger partial charge in [0, 0.05) is 12.2 Å². The van der Waals surface area contributed by atoms with Gasteiger partial charge in [-0.2, -0.15) is 0 Å². The first kappa shape index (κ1) is 24.1.